The van der Waals surface area contributed by atoms with Crippen LogP contribution in [0.4, 0.5) is 17.5 Å². The predicted octanol–water partition coefficient (Wildman–Crippen LogP) is 5.95. The topological polar surface area (TPSA) is 134 Å². The number of phenolic OH excluding ortho intramolecular Hbond substituents is 1. The van der Waals surface area contributed by atoms with E-state index in [4.69, 9.17) is 10.6 Å². The Kier molecular flexibility index (Phi) is 11.2. The molecule has 0 bridgehead atoms. The molecule has 1 aliphatic carbocycles. The van der Waals surface area contributed by atoms with Gasteiger partial charge in [-0.3, -0.25) is 4.98 Å². The van der Waals surface area contributed by atoms with E-state index in [0.29, 0.717) is 18.1 Å². The van der Waals surface area contributed by atoms with E-state index in [2.05, 4.69) is 56.7 Å². The van der Waals surface area contributed by atoms with E-state index in [9.17, 15) is 5.11 Å². The molecule has 220 valence electrons. The van der Waals surface area contributed by atoms with Crippen LogP contribution in [0, 0.1) is 6.92 Å². The molecule has 1 unspecified atom stereocenters. The smallest absolute Gasteiger partial charge is 0.263 e. The lowest BCUT2D eigenvalue weighted by Crippen LogP contribution is -2.27. The predicted molar refractivity (Wildman–Crippen MR) is 170 cm³/mol. The Hall–Kier alpha value is -4.54. The molecule has 0 aliphatic heterocycles. The van der Waals surface area contributed by atoms with Crippen LogP contribution in [0.2, 0.25) is 0 Å². The minimum atomic E-state index is 0.258. The number of ether oxygens (including phenoxy) is 1. The number of hydrazone groups is 1. The zero-order chi connectivity index (χ0) is 29.7. The van der Waals surface area contributed by atoms with Crippen molar-refractivity contribution in [1.29, 1.82) is 0 Å². The van der Waals surface area contributed by atoms with Gasteiger partial charge in [-0.15, -0.1) is 0 Å². The van der Waals surface area contributed by atoms with Gasteiger partial charge in [-0.25, -0.2) is 10.8 Å². The van der Waals surface area contributed by atoms with Crippen LogP contribution < -0.4 is 21.6 Å². The van der Waals surface area contributed by atoms with Gasteiger partial charge < -0.3 is 20.5 Å². The molecule has 4 rings (SSSR count). The maximum Gasteiger partial charge on any atom is 0.263 e. The van der Waals surface area contributed by atoms with Crippen LogP contribution in [0.3, 0.4) is 0 Å². The van der Waals surface area contributed by atoms with Crippen molar-refractivity contribution in [1.82, 2.24) is 15.0 Å². The Bertz CT molecular complexity index is 1430. The molecule has 3 aromatic rings. The van der Waals surface area contributed by atoms with Gasteiger partial charge in [0, 0.05) is 30.6 Å². The number of hydrogen-bond acceptors (Lipinski definition) is 10. The molecule has 10 heteroatoms. The number of anilines is 3. The highest BCUT2D eigenvalue weighted by atomic mass is 16.5. The van der Waals surface area contributed by atoms with Crippen LogP contribution in [0.15, 0.2) is 83.8 Å². The van der Waals surface area contributed by atoms with Crippen LogP contribution in [-0.4, -0.2) is 45.5 Å². The number of aromatic hydroxyl groups is 1. The van der Waals surface area contributed by atoms with Crippen molar-refractivity contribution in [2.75, 3.05) is 28.9 Å². The summed E-state index contributed by atoms with van der Waals surface area (Å²) in [5.41, 5.74) is 5.30. The fraction of sp³-hybridized carbons (Fsp3) is 0.312. The maximum atomic E-state index is 9.79. The minimum Gasteiger partial charge on any atom is -0.508 e. The number of hydrogen-bond donors (Lipinski definition) is 4. The second-order valence-corrected chi connectivity index (χ2v) is 10.1. The quantitative estimate of drug-likeness (QED) is 0.0806. The van der Waals surface area contributed by atoms with Crippen molar-refractivity contribution < 1.29 is 9.84 Å². The first-order chi connectivity index (χ1) is 20.4. The van der Waals surface area contributed by atoms with Gasteiger partial charge in [0.1, 0.15) is 11.6 Å². The summed E-state index contributed by atoms with van der Waals surface area (Å²) in [5.74, 6) is 7.36. The minimum absolute atomic E-state index is 0.258. The molecule has 1 atom stereocenters. The van der Waals surface area contributed by atoms with E-state index in [1.165, 1.54) is 0 Å². The summed E-state index contributed by atoms with van der Waals surface area (Å²) in [6.07, 6.45) is 15.6. The van der Waals surface area contributed by atoms with Crippen molar-refractivity contribution in [3.05, 3.63) is 95.6 Å². The van der Waals surface area contributed by atoms with Gasteiger partial charge in [0.05, 0.1) is 29.9 Å². The first-order valence-corrected chi connectivity index (χ1v) is 14.3. The van der Waals surface area contributed by atoms with Gasteiger partial charge in [-0.05, 0) is 80.7 Å². The van der Waals surface area contributed by atoms with Gasteiger partial charge in [-0.1, -0.05) is 37.6 Å². The van der Waals surface area contributed by atoms with E-state index in [0.717, 1.165) is 65.6 Å². The van der Waals surface area contributed by atoms with Crippen molar-refractivity contribution in [3.63, 3.8) is 0 Å². The second kappa shape index (κ2) is 15.5. The summed E-state index contributed by atoms with van der Waals surface area (Å²) in [4.78, 5) is 13.4. The molecule has 1 aliphatic rings. The normalized spacial score (nSPS) is 13.8. The Morgan fingerprint density at radius 3 is 2.86 bits per heavy atom. The first kappa shape index (κ1) is 30.4. The van der Waals surface area contributed by atoms with Crippen LogP contribution >= 0.6 is 0 Å². The van der Waals surface area contributed by atoms with Gasteiger partial charge in [0.15, 0.2) is 0 Å². The number of pyridine rings is 1. The number of aromatic nitrogens is 3. The van der Waals surface area contributed by atoms with Crippen LogP contribution in [0.5, 0.6) is 5.75 Å². The van der Waals surface area contributed by atoms with Crippen molar-refractivity contribution in [2.24, 2.45) is 10.9 Å². The van der Waals surface area contributed by atoms with E-state index in [1.54, 1.807) is 24.5 Å². The molecule has 0 amide bonds. The fourth-order valence-corrected chi connectivity index (χ4v) is 4.33. The average molecular weight is 569 g/mol. The fourth-order valence-electron chi connectivity index (χ4n) is 4.33. The number of nitrogens with two attached hydrogens (primary N) is 1. The van der Waals surface area contributed by atoms with Gasteiger partial charge in [-0.2, -0.15) is 15.2 Å². The highest BCUT2D eigenvalue weighted by Crippen LogP contribution is 2.25. The highest BCUT2D eigenvalue weighted by molar-refractivity contribution is 5.78. The summed E-state index contributed by atoms with van der Waals surface area (Å²) in [6, 6.07) is 12.9. The largest absolute Gasteiger partial charge is 0.508 e. The molecule has 5 N–H and O–H groups in total. The Morgan fingerprint density at radius 1 is 1.19 bits per heavy atom. The van der Waals surface area contributed by atoms with E-state index in [-0.39, 0.29) is 17.8 Å². The number of benzene rings is 1. The van der Waals surface area contributed by atoms with Crippen molar-refractivity contribution >= 4 is 29.2 Å². The zero-order valence-electron chi connectivity index (χ0n) is 24.5. The number of allylic oxidation sites excluding steroid dienone is 5. The molecule has 42 heavy (non-hydrogen) atoms. The lowest BCUT2D eigenvalue weighted by Gasteiger charge is -2.14. The van der Waals surface area contributed by atoms with E-state index in [1.807, 2.05) is 49.4 Å². The molecule has 1 aromatic carbocycles. The molecule has 2 aromatic heterocycles. The SMILES string of the molecule is CCCC(C)OCCCNc1cc(C)nc(N(N)/N=C/c2ccc(NC3=CC=C(c4cccc(O)c4)CC=C3)cn2)n1. The Morgan fingerprint density at radius 2 is 2.07 bits per heavy atom. The number of aryl methyl sites for hydroxylation is 1. The number of hydrazine groups is 1. The number of rotatable bonds is 14. The number of phenols is 1. The monoisotopic (exact) mass is 568 g/mol. The third-order valence-corrected chi connectivity index (χ3v) is 6.48. The van der Waals surface area contributed by atoms with E-state index < -0.39 is 0 Å². The Balaban J connectivity index is 1.30. The van der Waals surface area contributed by atoms with Gasteiger partial charge in [0.2, 0.25) is 0 Å². The number of nitrogens with one attached hydrogen (secondary N) is 2. The second-order valence-electron chi connectivity index (χ2n) is 10.1. The molecule has 0 saturated heterocycles. The van der Waals surface area contributed by atoms with Crippen molar-refractivity contribution in [3.8, 4) is 5.75 Å². The maximum absolute atomic E-state index is 9.79. The molecule has 0 spiro atoms. The highest BCUT2D eigenvalue weighted by Gasteiger charge is 2.08. The van der Waals surface area contributed by atoms with Crippen LogP contribution in [0.1, 0.15) is 56.5 Å². The molecule has 0 saturated carbocycles. The lowest BCUT2D eigenvalue weighted by atomic mass is 10.0. The molecular weight excluding hydrogens is 528 g/mol. The number of nitrogens with zero attached hydrogens (tertiary/aromatic N) is 5. The first-order valence-electron chi connectivity index (χ1n) is 14.3. The standard InChI is InChI=1S/C32H40N8O2/c1-4-8-24(3)42-18-7-17-34-31-19-23(2)37-32(39-31)40(33)36-22-28-15-16-29(21-35-28)38-27-11-5-9-25(13-14-27)26-10-6-12-30(41)20-26/h5-6,10-16,19-22,24,38,41H,4,7-9,17-18,33H2,1-3H3,(H,34,37,39)/b36-22+. The molecule has 0 fully saturated rings. The Labute approximate surface area is 247 Å². The van der Waals surface area contributed by atoms with Crippen molar-refractivity contribution in [2.45, 2.75) is 52.6 Å². The molecular formula is C32H40N8O2. The summed E-state index contributed by atoms with van der Waals surface area (Å²) in [6.45, 7) is 7.59. The summed E-state index contributed by atoms with van der Waals surface area (Å²) in [7, 11) is 0. The summed E-state index contributed by atoms with van der Waals surface area (Å²) in [5, 5.41) is 21.9. The third-order valence-electron chi connectivity index (χ3n) is 6.48. The third kappa shape index (κ3) is 9.53. The molecule has 2 heterocycles. The van der Waals surface area contributed by atoms with Gasteiger partial charge >= 0.3 is 0 Å². The molecule has 0 radical (unpaired) electrons. The van der Waals surface area contributed by atoms with Gasteiger partial charge in [0.25, 0.3) is 5.95 Å². The lowest BCUT2D eigenvalue weighted by molar-refractivity contribution is 0.0597. The summed E-state index contributed by atoms with van der Waals surface area (Å²) < 4.78 is 5.81. The van der Waals surface area contributed by atoms with Crippen LogP contribution in [-0.2, 0) is 4.74 Å². The van der Waals surface area contributed by atoms with E-state index >= 15 is 0 Å². The van der Waals surface area contributed by atoms with Crippen LogP contribution in [0.25, 0.3) is 5.57 Å². The summed E-state index contributed by atoms with van der Waals surface area (Å²) >= 11 is 0. The zero-order valence-corrected chi connectivity index (χ0v) is 24.5. The average Bonchev–Trinajstić information content (AvgIpc) is 3.22. The molecule has 10 nitrogen and oxygen atoms in total.